The molecule has 0 saturated heterocycles. The first kappa shape index (κ1) is 20.8. The van der Waals surface area contributed by atoms with Crippen molar-refractivity contribution < 1.29 is 22.7 Å². The van der Waals surface area contributed by atoms with E-state index in [0.717, 1.165) is 6.26 Å². The van der Waals surface area contributed by atoms with Crippen molar-refractivity contribution in [3.63, 3.8) is 0 Å². The molecule has 4 rings (SSSR count). The zero-order valence-electron chi connectivity index (χ0n) is 17.4. The summed E-state index contributed by atoms with van der Waals surface area (Å²) in [6.07, 6.45) is 7.69. The van der Waals surface area contributed by atoms with Crippen molar-refractivity contribution in [3.8, 4) is 0 Å². The smallest absolute Gasteiger partial charge is 0.314 e. The van der Waals surface area contributed by atoms with E-state index in [-0.39, 0.29) is 16.4 Å². The molecule has 2 aromatic rings. The molecule has 0 bridgehead atoms. The number of carbonyl (C=O) groups excluding carboxylic acids is 2. The molecule has 6 nitrogen and oxygen atoms in total. The molecule has 1 fully saturated rings. The maximum atomic E-state index is 13.4. The molecular weight excluding hydrogens is 402 g/mol. The van der Waals surface area contributed by atoms with Gasteiger partial charge in [-0.25, -0.2) is 8.42 Å². The van der Waals surface area contributed by atoms with Crippen LogP contribution in [0.3, 0.4) is 0 Å². The van der Waals surface area contributed by atoms with Gasteiger partial charge in [-0.1, -0.05) is 43.5 Å². The van der Waals surface area contributed by atoms with Crippen molar-refractivity contribution >= 4 is 21.6 Å². The average Bonchev–Trinajstić information content (AvgIpc) is 3.33. The first-order valence-electron chi connectivity index (χ1n) is 10.5. The number of aromatic nitrogens is 1. The summed E-state index contributed by atoms with van der Waals surface area (Å²) < 4.78 is 31.4. The number of fused-ring (bicyclic) bond motifs is 1. The minimum atomic E-state index is -3.64. The summed E-state index contributed by atoms with van der Waals surface area (Å²) in [5, 5.41) is 0. The molecule has 1 atom stereocenters. The highest BCUT2D eigenvalue weighted by Gasteiger charge is 2.37. The predicted molar refractivity (Wildman–Crippen MR) is 113 cm³/mol. The van der Waals surface area contributed by atoms with Crippen LogP contribution in [0, 0.1) is 0 Å². The second-order valence-corrected chi connectivity index (χ2v) is 10.3. The van der Waals surface area contributed by atoms with E-state index in [0.29, 0.717) is 30.1 Å². The fourth-order valence-corrected chi connectivity index (χ4v) is 5.74. The maximum absolute atomic E-state index is 13.4. The lowest BCUT2D eigenvalue weighted by Gasteiger charge is -2.22. The Morgan fingerprint density at radius 2 is 1.70 bits per heavy atom. The van der Waals surface area contributed by atoms with Gasteiger partial charge >= 0.3 is 5.97 Å². The Bertz CT molecular complexity index is 1080. The Morgan fingerprint density at radius 3 is 2.30 bits per heavy atom. The Balaban J connectivity index is 1.71. The van der Waals surface area contributed by atoms with E-state index in [1.165, 1.54) is 50.8 Å². The molecule has 2 heterocycles. The van der Waals surface area contributed by atoms with Gasteiger partial charge in [-0.05, 0) is 36.8 Å². The SMILES string of the molecule is COC(=O)C1CCn2c1cc(S(C)(=O)=O)c2C(=O)c1ccc(C2CCCCC2)cc1. The number of rotatable bonds is 5. The van der Waals surface area contributed by atoms with E-state index in [9.17, 15) is 18.0 Å². The first-order chi connectivity index (χ1) is 14.3. The molecule has 1 unspecified atom stereocenters. The Morgan fingerprint density at radius 1 is 1.03 bits per heavy atom. The molecule has 0 amide bonds. The fraction of sp³-hybridized carbons (Fsp3) is 0.478. The minimum Gasteiger partial charge on any atom is -0.469 e. The molecule has 0 N–H and O–H groups in total. The highest BCUT2D eigenvalue weighted by molar-refractivity contribution is 7.90. The molecule has 2 aliphatic rings. The first-order valence-corrected chi connectivity index (χ1v) is 12.4. The normalized spacial score (nSPS) is 19.5. The van der Waals surface area contributed by atoms with Gasteiger partial charge in [0.1, 0.15) is 5.69 Å². The van der Waals surface area contributed by atoms with Crippen LogP contribution in [-0.4, -0.2) is 38.1 Å². The Kier molecular flexibility index (Phi) is 5.57. The number of hydrogen-bond acceptors (Lipinski definition) is 5. The van der Waals surface area contributed by atoms with Crippen LogP contribution in [0.1, 0.15) is 77.7 Å². The summed E-state index contributed by atoms with van der Waals surface area (Å²) >= 11 is 0. The molecule has 0 spiro atoms. The van der Waals surface area contributed by atoms with Crippen LogP contribution < -0.4 is 0 Å². The molecular formula is C23H27NO5S. The van der Waals surface area contributed by atoms with Gasteiger partial charge in [0.2, 0.25) is 5.78 Å². The summed E-state index contributed by atoms with van der Waals surface area (Å²) in [5.74, 6) is -0.761. The van der Waals surface area contributed by atoms with Crippen molar-refractivity contribution in [2.24, 2.45) is 0 Å². The van der Waals surface area contributed by atoms with Gasteiger partial charge in [-0.15, -0.1) is 0 Å². The third-order valence-corrected chi connectivity index (χ3v) is 7.55. The quantitative estimate of drug-likeness (QED) is 0.533. The van der Waals surface area contributed by atoms with E-state index in [1.54, 1.807) is 16.7 Å². The van der Waals surface area contributed by atoms with Gasteiger partial charge in [-0.3, -0.25) is 9.59 Å². The lowest BCUT2D eigenvalue weighted by Crippen LogP contribution is -2.14. The topological polar surface area (TPSA) is 82.4 Å². The van der Waals surface area contributed by atoms with E-state index in [4.69, 9.17) is 4.74 Å². The van der Waals surface area contributed by atoms with Gasteiger partial charge in [0.05, 0.1) is 17.9 Å². The number of nitrogens with zero attached hydrogens (tertiary/aromatic N) is 1. The molecule has 0 radical (unpaired) electrons. The number of benzene rings is 1. The molecule has 7 heteroatoms. The van der Waals surface area contributed by atoms with E-state index < -0.39 is 21.7 Å². The third-order valence-electron chi connectivity index (χ3n) is 6.44. The molecule has 1 saturated carbocycles. The Hall–Kier alpha value is -2.41. The van der Waals surface area contributed by atoms with Crippen LogP contribution in [0.5, 0.6) is 0 Å². The van der Waals surface area contributed by atoms with Gasteiger partial charge in [0.15, 0.2) is 9.84 Å². The second-order valence-electron chi connectivity index (χ2n) is 8.36. The average molecular weight is 430 g/mol. The van der Waals surface area contributed by atoms with Crippen LogP contribution in [-0.2, 0) is 25.9 Å². The Labute approximate surface area is 177 Å². The van der Waals surface area contributed by atoms with Crippen LogP contribution in [0.4, 0.5) is 0 Å². The van der Waals surface area contributed by atoms with Gasteiger partial charge in [0.25, 0.3) is 0 Å². The second kappa shape index (κ2) is 8.02. The van der Waals surface area contributed by atoms with Gasteiger partial charge in [-0.2, -0.15) is 0 Å². The van der Waals surface area contributed by atoms with Crippen molar-refractivity contribution in [3.05, 3.63) is 52.8 Å². The lowest BCUT2D eigenvalue weighted by molar-refractivity contribution is -0.142. The zero-order valence-corrected chi connectivity index (χ0v) is 18.2. The number of hydrogen-bond donors (Lipinski definition) is 0. The largest absolute Gasteiger partial charge is 0.469 e. The summed E-state index contributed by atoms with van der Waals surface area (Å²) in [4.78, 5) is 25.5. The van der Waals surface area contributed by atoms with E-state index >= 15 is 0 Å². The number of methoxy groups -OCH3 is 1. The summed E-state index contributed by atoms with van der Waals surface area (Å²) in [6.45, 7) is 0.409. The number of carbonyl (C=O) groups is 2. The van der Waals surface area contributed by atoms with Crippen molar-refractivity contribution in [2.45, 2.75) is 61.8 Å². The van der Waals surface area contributed by atoms with Gasteiger partial charge < -0.3 is 9.30 Å². The highest BCUT2D eigenvalue weighted by Crippen LogP contribution is 2.37. The fourth-order valence-electron chi connectivity index (χ4n) is 4.86. The summed E-state index contributed by atoms with van der Waals surface area (Å²) in [5.41, 5.74) is 2.37. The van der Waals surface area contributed by atoms with E-state index in [1.807, 2.05) is 12.1 Å². The summed E-state index contributed by atoms with van der Waals surface area (Å²) in [7, 11) is -2.33. The van der Waals surface area contributed by atoms with Gasteiger partial charge in [0, 0.05) is 24.1 Å². The lowest BCUT2D eigenvalue weighted by atomic mass is 9.84. The number of sulfone groups is 1. The number of ketones is 1. The number of ether oxygens (including phenoxy) is 1. The summed E-state index contributed by atoms with van der Waals surface area (Å²) in [6, 6.07) is 9.05. The van der Waals surface area contributed by atoms with Crippen molar-refractivity contribution in [1.82, 2.24) is 4.57 Å². The van der Waals surface area contributed by atoms with Crippen LogP contribution in [0.15, 0.2) is 35.2 Å². The van der Waals surface area contributed by atoms with Crippen LogP contribution >= 0.6 is 0 Å². The monoisotopic (exact) mass is 429 g/mol. The molecule has 30 heavy (non-hydrogen) atoms. The molecule has 1 aliphatic carbocycles. The van der Waals surface area contributed by atoms with Crippen molar-refractivity contribution in [1.29, 1.82) is 0 Å². The highest BCUT2D eigenvalue weighted by atomic mass is 32.2. The zero-order chi connectivity index (χ0) is 21.5. The third kappa shape index (κ3) is 3.71. The predicted octanol–water partition coefficient (Wildman–Crippen LogP) is 3.83. The minimum absolute atomic E-state index is 0.0209. The molecule has 1 aromatic carbocycles. The molecule has 160 valence electrons. The molecule has 1 aromatic heterocycles. The maximum Gasteiger partial charge on any atom is 0.314 e. The van der Waals surface area contributed by atoms with Crippen LogP contribution in [0.25, 0.3) is 0 Å². The van der Waals surface area contributed by atoms with E-state index in [2.05, 4.69) is 0 Å². The number of esters is 1. The standard InChI is InChI=1S/C23H27NO5S/c1-29-23(26)18-12-13-24-19(18)14-20(30(2,27)28)21(24)22(25)17-10-8-16(9-11-17)15-6-4-3-5-7-15/h8-11,14-15,18H,3-7,12-13H2,1-2H3. The van der Waals surface area contributed by atoms with Crippen molar-refractivity contribution in [2.75, 3.05) is 13.4 Å². The molecule has 1 aliphatic heterocycles. The van der Waals surface area contributed by atoms with Crippen LogP contribution in [0.2, 0.25) is 0 Å².